The average Bonchev–Trinajstić information content (AvgIpc) is 2.24. The quantitative estimate of drug-likeness (QED) is 0.650. The summed E-state index contributed by atoms with van der Waals surface area (Å²) < 4.78 is 11.0. The van der Waals surface area contributed by atoms with Crippen LogP contribution in [0.5, 0.6) is 0 Å². The molecule has 1 fully saturated rings. The van der Waals surface area contributed by atoms with Crippen molar-refractivity contribution in [2.24, 2.45) is 0 Å². The predicted octanol–water partition coefficient (Wildman–Crippen LogP) is 1.52. The van der Waals surface area contributed by atoms with Crippen molar-refractivity contribution in [1.82, 2.24) is 4.90 Å². The number of morpholine rings is 1. The highest BCUT2D eigenvalue weighted by Crippen LogP contribution is 2.06. The van der Waals surface area contributed by atoms with E-state index in [2.05, 4.69) is 11.8 Å². The number of hydrogen-bond donors (Lipinski definition) is 0. The van der Waals surface area contributed by atoms with Crippen LogP contribution in [-0.4, -0.2) is 50.5 Å². The fourth-order valence-electron chi connectivity index (χ4n) is 1.72. The zero-order chi connectivity index (χ0) is 10.2. The van der Waals surface area contributed by atoms with Gasteiger partial charge in [-0.2, -0.15) is 0 Å². The normalized spacial score (nSPS) is 24.0. The Morgan fingerprint density at radius 2 is 2.29 bits per heavy atom. The molecule has 14 heavy (non-hydrogen) atoms. The molecule has 0 aromatic carbocycles. The van der Waals surface area contributed by atoms with Crippen LogP contribution in [0.1, 0.15) is 26.7 Å². The Bertz CT molecular complexity index is 127. The molecule has 0 aliphatic carbocycles. The molecule has 0 aromatic heterocycles. The molecule has 0 spiro atoms. The number of nitrogens with zero attached hydrogens (tertiary/aromatic N) is 1. The molecule has 1 aliphatic heterocycles. The molecular formula is C11H23NO2. The van der Waals surface area contributed by atoms with E-state index in [1.807, 2.05) is 6.92 Å². The van der Waals surface area contributed by atoms with E-state index >= 15 is 0 Å². The molecule has 1 saturated heterocycles. The van der Waals surface area contributed by atoms with Gasteiger partial charge in [0.05, 0.1) is 19.3 Å². The van der Waals surface area contributed by atoms with Gasteiger partial charge in [-0.15, -0.1) is 0 Å². The van der Waals surface area contributed by atoms with Gasteiger partial charge in [0.1, 0.15) is 0 Å². The standard InChI is InChI=1S/C11H23NO2/c1-3-5-6-12-7-8-14-11(9-12)10-13-4-2/h11H,3-10H2,1-2H3/t11-/m0/s1. The Kier molecular flexibility index (Phi) is 6.15. The first-order chi connectivity index (χ1) is 6.86. The maximum absolute atomic E-state index is 5.62. The topological polar surface area (TPSA) is 21.7 Å². The van der Waals surface area contributed by atoms with E-state index in [0.29, 0.717) is 6.10 Å². The van der Waals surface area contributed by atoms with Crippen LogP contribution < -0.4 is 0 Å². The van der Waals surface area contributed by atoms with Crippen LogP contribution in [0.25, 0.3) is 0 Å². The molecule has 0 bridgehead atoms. The lowest BCUT2D eigenvalue weighted by molar-refractivity contribution is -0.0675. The Hall–Kier alpha value is -0.120. The lowest BCUT2D eigenvalue weighted by atomic mass is 10.2. The van der Waals surface area contributed by atoms with Crippen LogP contribution in [0, 0.1) is 0 Å². The lowest BCUT2D eigenvalue weighted by Crippen LogP contribution is -2.44. The first-order valence-corrected chi connectivity index (χ1v) is 5.78. The maximum Gasteiger partial charge on any atom is 0.0935 e. The zero-order valence-corrected chi connectivity index (χ0v) is 9.50. The molecule has 0 radical (unpaired) electrons. The van der Waals surface area contributed by atoms with Crippen molar-refractivity contribution in [3.05, 3.63) is 0 Å². The first-order valence-electron chi connectivity index (χ1n) is 5.78. The molecule has 0 saturated carbocycles. The first kappa shape index (κ1) is 12.0. The third-order valence-electron chi connectivity index (χ3n) is 2.56. The molecule has 1 rings (SSSR count). The second-order valence-corrected chi connectivity index (χ2v) is 3.81. The third kappa shape index (κ3) is 4.40. The second kappa shape index (κ2) is 7.21. The van der Waals surface area contributed by atoms with Gasteiger partial charge in [-0.05, 0) is 19.9 Å². The molecular weight excluding hydrogens is 178 g/mol. The van der Waals surface area contributed by atoms with Crippen molar-refractivity contribution >= 4 is 0 Å². The third-order valence-corrected chi connectivity index (χ3v) is 2.56. The highest BCUT2D eigenvalue weighted by molar-refractivity contribution is 4.70. The minimum Gasteiger partial charge on any atom is -0.379 e. The Morgan fingerprint density at radius 3 is 3.00 bits per heavy atom. The Balaban J connectivity index is 2.14. The van der Waals surface area contributed by atoms with Gasteiger partial charge in [0.25, 0.3) is 0 Å². The summed E-state index contributed by atoms with van der Waals surface area (Å²) in [4.78, 5) is 2.48. The SMILES string of the molecule is CCCCN1CCO[C@H](COCC)C1. The van der Waals surface area contributed by atoms with Gasteiger partial charge < -0.3 is 9.47 Å². The fourth-order valence-corrected chi connectivity index (χ4v) is 1.72. The van der Waals surface area contributed by atoms with E-state index in [1.165, 1.54) is 19.4 Å². The summed E-state index contributed by atoms with van der Waals surface area (Å²) in [6.07, 6.45) is 2.86. The summed E-state index contributed by atoms with van der Waals surface area (Å²) in [5.41, 5.74) is 0. The van der Waals surface area contributed by atoms with E-state index in [9.17, 15) is 0 Å². The van der Waals surface area contributed by atoms with Crippen molar-refractivity contribution in [3.8, 4) is 0 Å². The van der Waals surface area contributed by atoms with E-state index in [-0.39, 0.29) is 0 Å². The van der Waals surface area contributed by atoms with Crippen LogP contribution in [0.4, 0.5) is 0 Å². The van der Waals surface area contributed by atoms with E-state index in [1.54, 1.807) is 0 Å². The van der Waals surface area contributed by atoms with Crippen molar-refractivity contribution in [3.63, 3.8) is 0 Å². The smallest absolute Gasteiger partial charge is 0.0935 e. The summed E-state index contributed by atoms with van der Waals surface area (Å²) in [5.74, 6) is 0. The van der Waals surface area contributed by atoms with E-state index in [4.69, 9.17) is 9.47 Å². The summed E-state index contributed by atoms with van der Waals surface area (Å²) in [7, 11) is 0. The highest BCUT2D eigenvalue weighted by Gasteiger charge is 2.19. The molecule has 0 unspecified atom stereocenters. The number of hydrogen-bond acceptors (Lipinski definition) is 3. The monoisotopic (exact) mass is 201 g/mol. The molecule has 1 heterocycles. The van der Waals surface area contributed by atoms with Gasteiger partial charge in [0.2, 0.25) is 0 Å². The van der Waals surface area contributed by atoms with Gasteiger partial charge in [-0.1, -0.05) is 13.3 Å². The summed E-state index contributed by atoms with van der Waals surface area (Å²) in [6, 6.07) is 0. The van der Waals surface area contributed by atoms with Gasteiger partial charge in [-0.25, -0.2) is 0 Å². The van der Waals surface area contributed by atoms with Gasteiger partial charge >= 0.3 is 0 Å². The van der Waals surface area contributed by atoms with Crippen LogP contribution in [-0.2, 0) is 9.47 Å². The molecule has 1 aliphatic rings. The molecule has 0 aromatic rings. The van der Waals surface area contributed by atoms with Crippen LogP contribution in [0.15, 0.2) is 0 Å². The van der Waals surface area contributed by atoms with Crippen LogP contribution >= 0.6 is 0 Å². The molecule has 1 atom stereocenters. The summed E-state index contributed by atoms with van der Waals surface area (Å²) in [5, 5.41) is 0. The predicted molar refractivity (Wildman–Crippen MR) is 57.6 cm³/mol. The van der Waals surface area contributed by atoms with Gasteiger partial charge in [0.15, 0.2) is 0 Å². The van der Waals surface area contributed by atoms with Crippen molar-refractivity contribution in [1.29, 1.82) is 0 Å². The minimum atomic E-state index is 0.292. The fraction of sp³-hybridized carbons (Fsp3) is 1.00. The Morgan fingerprint density at radius 1 is 1.43 bits per heavy atom. The minimum absolute atomic E-state index is 0.292. The average molecular weight is 201 g/mol. The van der Waals surface area contributed by atoms with Gasteiger partial charge in [-0.3, -0.25) is 4.90 Å². The number of unbranched alkanes of at least 4 members (excludes halogenated alkanes) is 1. The van der Waals surface area contributed by atoms with Crippen molar-refractivity contribution < 1.29 is 9.47 Å². The molecule has 0 amide bonds. The number of ether oxygens (including phenoxy) is 2. The van der Waals surface area contributed by atoms with Crippen LogP contribution in [0.3, 0.4) is 0 Å². The van der Waals surface area contributed by atoms with Crippen molar-refractivity contribution in [2.45, 2.75) is 32.8 Å². The Labute approximate surface area is 87.4 Å². The van der Waals surface area contributed by atoms with Gasteiger partial charge in [0, 0.05) is 19.7 Å². The molecule has 3 heteroatoms. The molecule has 0 N–H and O–H groups in total. The number of rotatable bonds is 6. The summed E-state index contributed by atoms with van der Waals surface area (Å²) >= 11 is 0. The highest BCUT2D eigenvalue weighted by atomic mass is 16.5. The maximum atomic E-state index is 5.62. The lowest BCUT2D eigenvalue weighted by Gasteiger charge is -2.32. The second-order valence-electron chi connectivity index (χ2n) is 3.81. The zero-order valence-electron chi connectivity index (χ0n) is 9.50. The molecule has 3 nitrogen and oxygen atoms in total. The largest absolute Gasteiger partial charge is 0.379 e. The van der Waals surface area contributed by atoms with Crippen molar-refractivity contribution in [2.75, 3.05) is 39.5 Å². The van der Waals surface area contributed by atoms with E-state index in [0.717, 1.165) is 32.9 Å². The van der Waals surface area contributed by atoms with E-state index < -0.39 is 0 Å². The summed E-state index contributed by atoms with van der Waals surface area (Å²) in [6.45, 7) is 10.00. The van der Waals surface area contributed by atoms with Crippen LogP contribution in [0.2, 0.25) is 0 Å². The molecule has 84 valence electrons.